The highest BCUT2D eigenvalue weighted by molar-refractivity contribution is 7.80. The van der Waals surface area contributed by atoms with Crippen LogP contribution < -0.4 is 5.32 Å². The molecule has 33 heavy (non-hydrogen) atoms. The summed E-state index contributed by atoms with van der Waals surface area (Å²) in [7, 11) is 1.38. The molecular formula is C24H24N4O4S. The van der Waals surface area contributed by atoms with Crippen molar-refractivity contribution >= 4 is 29.3 Å². The summed E-state index contributed by atoms with van der Waals surface area (Å²) in [5.74, 6) is -1.25. The third-order valence-electron chi connectivity index (χ3n) is 5.66. The summed E-state index contributed by atoms with van der Waals surface area (Å²) in [5.41, 5.74) is 2.72. The quantitative estimate of drug-likeness (QED) is 0.386. The molecule has 0 saturated carbocycles. The van der Waals surface area contributed by atoms with Gasteiger partial charge in [-0.25, -0.2) is 4.79 Å². The van der Waals surface area contributed by atoms with Crippen molar-refractivity contribution in [1.29, 1.82) is 0 Å². The molecule has 1 aromatic carbocycles. The first-order chi connectivity index (χ1) is 16.0. The minimum Gasteiger partial charge on any atom is -0.478 e. The van der Waals surface area contributed by atoms with Gasteiger partial charge in [-0.2, -0.15) is 0 Å². The van der Waals surface area contributed by atoms with Crippen LogP contribution in [0.4, 0.5) is 0 Å². The van der Waals surface area contributed by atoms with Crippen LogP contribution in [0, 0.1) is 0 Å². The number of carboxylic acids is 1. The van der Waals surface area contributed by atoms with Crippen LogP contribution in [0.2, 0.25) is 0 Å². The summed E-state index contributed by atoms with van der Waals surface area (Å²) in [6.45, 7) is 0.551. The lowest BCUT2D eigenvalue weighted by Crippen LogP contribution is -2.31. The number of methoxy groups -OCH3 is 1. The lowest BCUT2D eigenvalue weighted by Gasteiger charge is -2.29. The Balaban J connectivity index is 1.73. The van der Waals surface area contributed by atoms with Gasteiger partial charge in [0.25, 0.3) is 0 Å². The van der Waals surface area contributed by atoms with Crippen LogP contribution in [-0.4, -0.2) is 50.3 Å². The number of rotatable bonds is 8. The second-order valence-electron chi connectivity index (χ2n) is 7.66. The van der Waals surface area contributed by atoms with Gasteiger partial charge in [-0.05, 0) is 61.1 Å². The highest BCUT2D eigenvalue weighted by atomic mass is 32.1. The molecule has 170 valence electrons. The largest absolute Gasteiger partial charge is 0.478 e. The fraction of sp³-hybridized carbons (Fsp3) is 0.250. The van der Waals surface area contributed by atoms with E-state index in [1.165, 1.54) is 7.11 Å². The molecule has 3 aromatic rings. The van der Waals surface area contributed by atoms with Gasteiger partial charge in [0, 0.05) is 36.7 Å². The number of carbonyl (C=O) groups excluding carboxylic acids is 1. The molecular weight excluding hydrogens is 440 g/mol. The van der Waals surface area contributed by atoms with E-state index in [1.54, 1.807) is 24.4 Å². The average Bonchev–Trinajstić information content (AvgIpc) is 3.44. The normalized spacial score (nSPS) is 17.6. The van der Waals surface area contributed by atoms with E-state index in [0.29, 0.717) is 18.1 Å². The molecule has 0 unspecified atom stereocenters. The maximum absolute atomic E-state index is 11.6. The molecule has 0 aliphatic carbocycles. The van der Waals surface area contributed by atoms with Crippen molar-refractivity contribution in [2.45, 2.75) is 24.9 Å². The van der Waals surface area contributed by atoms with Gasteiger partial charge in [-0.1, -0.05) is 12.1 Å². The first-order valence-corrected chi connectivity index (χ1v) is 11.0. The number of benzene rings is 1. The molecule has 1 fully saturated rings. The van der Waals surface area contributed by atoms with Gasteiger partial charge in [-0.3, -0.25) is 9.78 Å². The summed E-state index contributed by atoms with van der Waals surface area (Å²) >= 11 is 5.67. The lowest BCUT2D eigenvalue weighted by atomic mass is 10.0. The molecule has 1 saturated heterocycles. The molecule has 4 rings (SSSR count). The number of hydrogen-bond donors (Lipinski definition) is 2. The summed E-state index contributed by atoms with van der Waals surface area (Å²) in [6, 6.07) is 16.0. The monoisotopic (exact) mass is 464 g/mol. The molecule has 1 aliphatic rings. The number of esters is 1. The number of aromatic carboxylic acids is 1. The lowest BCUT2D eigenvalue weighted by molar-refractivity contribution is -0.140. The van der Waals surface area contributed by atoms with Crippen molar-refractivity contribution in [2.75, 3.05) is 13.7 Å². The molecule has 0 amide bonds. The molecule has 0 spiro atoms. The first-order valence-electron chi connectivity index (χ1n) is 10.6. The van der Waals surface area contributed by atoms with Crippen LogP contribution in [0.3, 0.4) is 0 Å². The third-order valence-corrected chi connectivity index (χ3v) is 6.01. The highest BCUT2D eigenvalue weighted by Crippen LogP contribution is 2.39. The molecule has 3 heterocycles. The number of thiocarbonyl (C=S) groups is 1. The Morgan fingerprint density at radius 2 is 2.03 bits per heavy atom. The summed E-state index contributed by atoms with van der Waals surface area (Å²) in [4.78, 5) is 29.7. The molecule has 2 atom stereocenters. The Hall–Kier alpha value is -3.72. The maximum atomic E-state index is 11.6. The molecule has 1 aliphatic heterocycles. The summed E-state index contributed by atoms with van der Waals surface area (Å²) in [6.07, 6.45) is 4.51. The van der Waals surface area contributed by atoms with Gasteiger partial charge < -0.3 is 24.6 Å². The number of pyridine rings is 1. The number of aromatic nitrogens is 2. The molecule has 9 heteroatoms. The van der Waals surface area contributed by atoms with Crippen LogP contribution in [0.15, 0.2) is 67.0 Å². The van der Waals surface area contributed by atoms with Crippen molar-refractivity contribution in [3.8, 4) is 5.69 Å². The number of nitrogens with zero attached hydrogens (tertiary/aromatic N) is 3. The molecule has 8 nitrogen and oxygen atoms in total. The Labute approximate surface area is 196 Å². The van der Waals surface area contributed by atoms with Crippen molar-refractivity contribution in [3.63, 3.8) is 0 Å². The van der Waals surface area contributed by atoms with Crippen LogP contribution in [0.25, 0.3) is 5.69 Å². The fourth-order valence-corrected chi connectivity index (χ4v) is 4.45. The highest BCUT2D eigenvalue weighted by Gasteiger charge is 2.41. The third kappa shape index (κ3) is 4.73. The molecule has 2 aromatic heterocycles. The van der Waals surface area contributed by atoms with Gasteiger partial charge in [-0.15, -0.1) is 0 Å². The van der Waals surface area contributed by atoms with Crippen LogP contribution in [-0.2, 0) is 9.53 Å². The zero-order valence-electron chi connectivity index (χ0n) is 18.0. The van der Waals surface area contributed by atoms with Gasteiger partial charge >= 0.3 is 11.9 Å². The fourth-order valence-electron chi connectivity index (χ4n) is 4.12. The zero-order valence-corrected chi connectivity index (χ0v) is 18.9. The Morgan fingerprint density at radius 3 is 2.76 bits per heavy atom. The molecule has 0 radical (unpaired) electrons. The van der Waals surface area contributed by atoms with Crippen molar-refractivity contribution in [3.05, 3.63) is 83.9 Å². The van der Waals surface area contributed by atoms with E-state index in [4.69, 9.17) is 17.0 Å². The van der Waals surface area contributed by atoms with Crippen LogP contribution in [0.5, 0.6) is 0 Å². The van der Waals surface area contributed by atoms with E-state index in [2.05, 4.69) is 15.2 Å². The first kappa shape index (κ1) is 22.5. The van der Waals surface area contributed by atoms with Gasteiger partial charge in [0.05, 0.1) is 30.5 Å². The molecule has 0 bridgehead atoms. The predicted octanol–water partition coefficient (Wildman–Crippen LogP) is 3.50. The Bertz CT molecular complexity index is 1160. The van der Waals surface area contributed by atoms with Crippen molar-refractivity contribution in [2.24, 2.45) is 0 Å². The summed E-state index contributed by atoms with van der Waals surface area (Å²) < 4.78 is 6.74. The number of hydrogen-bond acceptors (Lipinski definition) is 5. The minimum absolute atomic E-state index is 0.212. The number of carboxylic acid groups (broad SMARTS) is 1. The SMILES string of the molecule is COC(=O)CCCN1C(=S)N[C@H](c2ccccn2)[C@H]1c1cccn1-c1cccc(C(=O)O)c1. The van der Waals surface area contributed by atoms with Gasteiger partial charge in [0.15, 0.2) is 5.11 Å². The predicted molar refractivity (Wildman–Crippen MR) is 126 cm³/mol. The second-order valence-corrected chi connectivity index (χ2v) is 8.04. The smallest absolute Gasteiger partial charge is 0.335 e. The number of carbonyl (C=O) groups is 2. The standard InChI is InChI=1S/C24H24N4O4S/c1-32-20(29)11-6-14-28-22(21(26-24(28)33)18-9-2-3-12-25-18)19-10-5-13-27(19)17-8-4-7-16(15-17)23(30)31/h2-5,7-10,12-13,15,21-22H,6,11,14H2,1H3,(H,26,33)(H,30,31)/t21-,22-/m1/s1. The van der Waals surface area contributed by atoms with E-state index in [1.807, 2.05) is 47.2 Å². The average molecular weight is 465 g/mol. The number of nitrogens with one attached hydrogen (secondary N) is 1. The Morgan fingerprint density at radius 1 is 1.18 bits per heavy atom. The van der Waals surface area contributed by atoms with Crippen molar-refractivity contribution < 1.29 is 19.4 Å². The van der Waals surface area contributed by atoms with Gasteiger partial charge in [0.1, 0.15) is 0 Å². The van der Waals surface area contributed by atoms with E-state index >= 15 is 0 Å². The zero-order chi connectivity index (χ0) is 23.4. The minimum atomic E-state index is -0.981. The van der Waals surface area contributed by atoms with E-state index in [0.717, 1.165) is 17.1 Å². The van der Waals surface area contributed by atoms with Crippen LogP contribution >= 0.6 is 12.2 Å². The number of ether oxygens (including phenoxy) is 1. The maximum Gasteiger partial charge on any atom is 0.335 e. The van der Waals surface area contributed by atoms with Crippen LogP contribution in [0.1, 0.15) is 46.7 Å². The van der Waals surface area contributed by atoms with E-state index in [-0.39, 0.29) is 30.0 Å². The second kappa shape index (κ2) is 9.83. The van der Waals surface area contributed by atoms with Crippen molar-refractivity contribution in [1.82, 2.24) is 19.8 Å². The topological polar surface area (TPSA) is 96.7 Å². The molecule has 2 N–H and O–H groups in total. The van der Waals surface area contributed by atoms with E-state index in [9.17, 15) is 14.7 Å². The van der Waals surface area contributed by atoms with E-state index < -0.39 is 5.97 Å². The Kier molecular flexibility index (Phi) is 6.69. The summed E-state index contributed by atoms with van der Waals surface area (Å²) in [5, 5.41) is 13.4. The van der Waals surface area contributed by atoms with Gasteiger partial charge in [0.2, 0.25) is 0 Å².